The Balaban J connectivity index is 1.76. The van der Waals surface area contributed by atoms with E-state index in [2.05, 4.69) is 48.1 Å². The SMILES string of the molecule is C=N/C=C(\C=C(/C)F)c1cc(N[C@H]2Cc3ccc(OC)cc3C2)n2ncc(C(C)C)c2n1. The highest BCUT2D eigenvalue weighted by atomic mass is 19.1. The highest BCUT2D eigenvalue weighted by Crippen LogP contribution is 2.30. The number of fused-ring (bicyclic) bond motifs is 2. The molecule has 2 aromatic heterocycles. The quantitative estimate of drug-likeness (QED) is 0.403. The molecule has 6 nitrogen and oxygen atoms in total. The van der Waals surface area contributed by atoms with E-state index in [1.54, 1.807) is 7.11 Å². The van der Waals surface area contributed by atoms with Crippen molar-refractivity contribution in [2.45, 2.75) is 45.6 Å². The van der Waals surface area contributed by atoms with E-state index >= 15 is 0 Å². The van der Waals surface area contributed by atoms with E-state index in [9.17, 15) is 4.39 Å². The molecule has 0 unspecified atom stereocenters. The molecule has 0 amide bonds. The first-order valence-corrected chi connectivity index (χ1v) is 10.7. The van der Waals surface area contributed by atoms with Crippen molar-refractivity contribution in [1.82, 2.24) is 14.6 Å². The minimum Gasteiger partial charge on any atom is -0.497 e. The molecule has 7 heteroatoms. The van der Waals surface area contributed by atoms with Crippen molar-refractivity contribution < 1.29 is 9.13 Å². The molecule has 2 heterocycles. The summed E-state index contributed by atoms with van der Waals surface area (Å²) in [5, 5.41) is 8.24. The third kappa shape index (κ3) is 4.28. The lowest BCUT2D eigenvalue weighted by Crippen LogP contribution is -2.22. The Labute approximate surface area is 187 Å². The van der Waals surface area contributed by atoms with E-state index in [0.717, 1.165) is 35.6 Å². The van der Waals surface area contributed by atoms with Crippen molar-refractivity contribution in [1.29, 1.82) is 0 Å². The van der Waals surface area contributed by atoms with Gasteiger partial charge in [-0.3, -0.25) is 4.99 Å². The maximum Gasteiger partial charge on any atom is 0.161 e. The van der Waals surface area contributed by atoms with Gasteiger partial charge in [0.2, 0.25) is 0 Å². The lowest BCUT2D eigenvalue weighted by atomic mass is 10.1. The number of hydrogen-bond acceptors (Lipinski definition) is 5. The number of allylic oxidation sites excluding steroid dienone is 3. The van der Waals surface area contributed by atoms with Gasteiger partial charge in [0.1, 0.15) is 11.6 Å². The number of rotatable bonds is 7. The van der Waals surface area contributed by atoms with Crippen LogP contribution in [-0.2, 0) is 12.8 Å². The maximum atomic E-state index is 13.8. The average molecular weight is 434 g/mol. The first-order chi connectivity index (χ1) is 15.4. The van der Waals surface area contributed by atoms with Crippen molar-refractivity contribution in [3.05, 3.63) is 70.9 Å². The van der Waals surface area contributed by atoms with Gasteiger partial charge in [-0.25, -0.2) is 9.37 Å². The Morgan fingerprint density at radius 1 is 1.31 bits per heavy atom. The van der Waals surface area contributed by atoms with E-state index < -0.39 is 0 Å². The summed E-state index contributed by atoms with van der Waals surface area (Å²) in [5.41, 5.74) is 5.54. The van der Waals surface area contributed by atoms with E-state index in [1.165, 1.54) is 30.3 Å². The van der Waals surface area contributed by atoms with Gasteiger partial charge in [0.25, 0.3) is 0 Å². The van der Waals surface area contributed by atoms with Gasteiger partial charge >= 0.3 is 0 Å². The van der Waals surface area contributed by atoms with E-state index in [0.29, 0.717) is 11.3 Å². The fraction of sp³-hybridized carbons (Fsp3) is 0.320. The van der Waals surface area contributed by atoms with E-state index in [-0.39, 0.29) is 17.8 Å². The molecule has 1 aliphatic carbocycles. The minimum atomic E-state index is -0.325. The number of halogens is 1. The molecule has 1 aliphatic rings. The van der Waals surface area contributed by atoms with Crippen LogP contribution in [0.1, 0.15) is 49.1 Å². The second-order valence-corrected chi connectivity index (χ2v) is 8.40. The molecular weight excluding hydrogens is 405 g/mol. The van der Waals surface area contributed by atoms with E-state index in [4.69, 9.17) is 9.72 Å². The second kappa shape index (κ2) is 8.94. The Bertz CT molecular complexity index is 1220. The minimum absolute atomic E-state index is 0.200. The van der Waals surface area contributed by atoms with Crippen molar-refractivity contribution in [2.75, 3.05) is 12.4 Å². The topological polar surface area (TPSA) is 63.8 Å². The van der Waals surface area contributed by atoms with Gasteiger partial charge in [-0.1, -0.05) is 19.9 Å². The molecule has 1 aromatic carbocycles. The van der Waals surface area contributed by atoms with Crippen LogP contribution in [0.4, 0.5) is 10.2 Å². The fourth-order valence-electron chi connectivity index (χ4n) is 4.16. The van der Waals surface area contributed by atoms with Crippen molar-refractivity contribution in [2.24, 2.45) is 4.99 Å². The molecule has 0 bridgehead atoms. The third-order valence-electron chi connectivity index (χ3n) is 5.70. The lowest BCUT2D eigenvalue weighted by molar-refractivity contribution is 0.414. The van der Waals surface area contributed by atoms with Gasteiger partial charge in [0.15, 0.2) is 5.65 Å². The number of anilines is 1. The summed E-state index contributed by atoms with van der Waals surface area (Å²) in [7, 11) is 1.68. The van der Waals surface area contributed by atoms with Crippen LogP contribution in [0, 0.1) is 0 Å². The van der Waals surface area contributed by atoms with Crippen LogP contribution in [0.15, 0.2) is 53.6 Å². The molecule has 4 rings (SSSR count). The van der Waals surface area contributed by atoms with Gasteiger partial charge in [0.05, 0.1) is 24.8 Å². The summed E-state index contributed by atoms with van der Waals surface area (Å²) in [6, 6.07) is 8.31. The number of methoxy groups -OCH3 is 1. The van der Waals surface area contributed by atoms with Crippen LogP contribution in [-0.4, -0.2) is 34.5 Å². The zero-order chi connectivity index (χ0) is 22.8. The number of nitrogens with zero attached hydrogens (tertiary/aromatic N) is 4. The highest BCUT2D eigenvalue weighted by Gasteiger charge is 2.24. The fourth-order valence-corrected chi connectivity index (χ4v) is 4.16. The van der Waals surface area contributed by atoms with Gasteiger partial charge in [-0.05, 0) is 61.7 Å². The molecular formula is C25H28FN5O. The predicted octanol–water partition coefficient (Wildman–Crippen LogP) is 5.36. The number of benzene rings is 1. The van der Waals surface area contributed by atoms with Gasteiger partial charge in [-0.15, -0.1) is 0 Å². The number of hydrogen-bond donors (Lipinski definition) is 1. The molecule has 0 aliphatic heterocycles. The highest BCUT2D eigenvalue weighted by molar-refractivity contribution is 5.75. The molecule has 0 saturated heterocycles. The van der Waals surface area contributed by atoms with Crippen molar-refractivity contribution in [3.8, 4) is 5.75 Å². The van der Waals surface area contributed by atoms with Crippen molar-refractivity contribution in [3.63, 3.8) is 0 Å². The molecule has 0 spiro atoms. The van der Waals surface area contributed by atoms with E-state index in [1.807, 2.05) is 22.8 Å². The molecule has 0 radical (unpaired) electrons. The summed E-state index contributed by atoms with van der Waals surface area (Å²) < 4.78 is 21.0. The molecule has 166 valence electrons. The third-order valence-corrected chi connectivity index (χ3v) is 5.70. The maximum absolute atomic E-state index is 13.8. The van der Waals surface area contributed by atoms with Gasteiger partial charge in [-0.2, -0.15) is 9.61 Å². The number of nitrogens with one attached hydrogen (secondary N) is 1. The Kier molecular flexibility index (Phi) is 6.08. The standard InChI is InChI=1S/C25H28FN5O/c1-15(2)22-14-28-31-24(12-23(30-25(22)31)19(13-27-4)8-16(3)26)29-20-9-17-6-7-21(32-5)11-18(17)10-20/h6-8,11-15,20,29H,4,9-10H2,1-3,5H3/b16-8+,19-13+/t20-/m0/s1. The molecule has 1 atom stereocenters. The Morgan fingerprint density at radius 3 is 2.78 bits per heavy atom. The number of ether oxygens (including phenoxy) is 1. The first-order valence-electron chi connectivity index (χ1n) is 10.7. The summed E-state index contributed by atoms with van der Waals surface area (Å²) in [4.78, 5) is 8.65. The number of aliphatic imine (C=N–C) groups is 1. The summed E-state index contributed by atoms with van der Waals surface area (Å²) in [5.74, 6) is 1.59. The molecule has 0 fully saturated rings. The van der Waals surface area contributed by atoms with Gasteiger partial charge in [0, 0.05) is 29.4 Å². The predicted molar refractivity (Wildman–Crippen MR) is 127 cm³/mol. The first kappa shape index (κ1) is 21.7. The smallest absolute Gasteiger partial charge is 0.161 e. The average Bonchev–Trinajstić information content (AvgIpc) is 3.36. The monoisotopic (exact) mass is 433 g/mol. The summed E-state index contributed by atoms with van der Waals surface area (Å²) in [6.07, 6.45) is 6.57. The second-order valence-electron chi connectivity index (χ2n) is 8.40. The normalized spacial score (nSPS) is 16.5. The van der Waals surface area contributed by atoms with Crippen LogP contribution in [0.2, 0.25) is 0 Å². The van der Waals surface area contributed by atoms with Crippen molar-refractivity contribution >= 4 is 23.8 Å². The molecule has 0 saturated carbocycles. The van der Waals surface area contributed by atoms with Crippen LogP contribution in [0.5, 0.6) is 5.75 Å². The van der Waals surface area contributed by atoms with Gasteiger partial charge < -0.3 is 10.1 Å². The summed E-state index contributed by atoms with van der Waals surface area (Å²) >= 11 is 0. The largest absolute Gasteiger partial charge is 0.497 e. The Morgan fingerprint density at radius 2 is 2.09 bits per heavy atom. The van der Waals surface area contributed by atoms with Crippen LogP contribution in [0.25, 0.3) is 11.2 Å². The summed E-state index contributed by atoms with van der Waals surface area (Å²) in [6.45, 7) is 9.13. The zero-order valence-electron chi connectivity index (χ0n) is 18.9. The van der Waals surface area contributed by atoms with Crippen LogP contribution in [0.3, 0.4) is 0 Å². The Hall–Kier alpha value is -3.48. The zero-order valence-corrected chi connectivity index (χ0v) is 18.9. The van der Waals surface area contributed by atoms with Crippen LogP contribution < -0.4 is 10.1 Å². The number of aromatic nitrogens is 3. The molecule has 3 aromatic rings. The molecule has 1 N–H and O–H groups in total. The lowest BCUT2D eigenvalue weighted by Gasteiger charge is -2.16. The molecule has 32 heavy (non-hydrogen) atoms. The van der Waals surface area contributed by atoms with Crippen LogP contribution >= 0.6 is 0 Å².